The minimum Gasteiger partial charge on any atom is -0.367 e. The van der Waals surface area contributed by atoms with Crippen LogP contribution in [0.4, 0.5) is 10.2 Å². The van der Waals surface area contributed by atoms with E-state index in [1.54, 1.807) is 31.8 Å². The molecule has 9 nitrogen and oxygen atoms in total. The molecule has 1 aliphatic heterocycles. The van der Waals surface area contributed by atoms with Crippen LogP contribution in [0.2, 0.25) is 5.02 Å². The molecule has 0 amide bonds. The van der Waals surface area contributed by atoms with Crippen molar-refractivity contribution >= 4 is 28.5 Å². The first kappa shape index (κ1) is 27.5. The van der Waals surface area contributed by atoms with Crippen LogP contribution in [0.15, 0.2) is 73.0 Å². The summed E-state index contributed by atoms with van der Waals surface area (Å²) in [5.41, 5.74) is 11.9. The fourth-order valence-electron chi connectivity index (χ4n) is 5.52. The van der Waals surface area contributed by atoms with Crippen LogP contribution < -0.4 is 21.6 Å². The van der Waals surface area contributed by atoms with Crippen molar-refractivity contribution in [3.63, 3.8) is 0 Å². The molecule has 0 radical (unpaired) electrons. The second kappa shape index (κ2) is 12.4. The number of methoxy groups -OCH3 is 1. The molecular formula is C30H34ClFN8O. The molecule has 3 heterocycles. The number of benzene rings is 2. The van der Waals surface area contributed by atoms with Crippen LogP contribution in [-0.2, 0) is 11.3 Å². The van der Waals surface area contributed by atoms with Gasteiger partial charge in [0.15, 0.2) is 0 Å². The van der Waals surface area contributed by atoms with Crippen molar-refractivity contribution in [3.05, 3.63) is 89.4 Å². The Hall–Kier alpha value is -3.70. The maximum atomic E-state index is 13.7. The Morgan fingerprint density at radius 1 is 1.07 bits per heavy atom. The number of aromatic nitrogens is 3. The van der Waals surface area contributed by atoms with Crippen molar-refractivity contribution in [2.75, 3.05) is 25.7 Å². The van der Waals surface area contributed by atoms with E-state index in [0.29, 0.717) is 30.4 Å². The number of nitrogens with zero attached hydrogens (tertiary/aromatic N) is 4. The number of hydrogen-bond donors (Lipinski definition) is 4. The molecule has 4 aromatic rings. The van der Waals surface area contributed by atoms with Crippen molar-refractivity contribution in [3.8, 4) is 11.1 Å². The topological polar surface area (TPSA) is 91.3 Å². The Balaban J connectivity index is 1.09. The molecule has 2 aromatic heterocycles. The van der Waals surface area contributed by atoms with Gasteiger partial charge in [-0.2, -0.15) is 0 Å². The number of imidazole rings is 1. The van der Waals surface area contributed by atoms with Gasteiger partial charge in [0.25, 0.3) is 0 Å². The summed E-state index contributed by atoms with van der Waals surface area (Å²) in [5, 5.41) is 9.75. The fourth-order valence-corrected chi connectivity index (χ4v) is 5.73. The first-order chi connectivity index (χ1) is 20.0. The molecule has 2 aromatic carbocycles. The first-order valence-corrected chi connectivity index (χ1v) is 14.2. The molecule has 1 aliphatic carbocycles. The van der Waals surface area contributed by atoms with Gasteiger partial charge in [0.05, 0.1) is 28.1 Å². The van der Waals surface area contributed by atoms with E-state index >= 15 is 0 Å². The standard InChI is InChI=1S/C30H34ClFN8O/c1-41-19-40-17-25(37-38-40)14-33-23-6-8-24(9-7-23)36-30-13-26(27(31)15-34-30)21-5-10-28-29(12-21)39(18-35-28)16-20-3-2-4-22(32)11-20/h2-5,10-13,15,17-18,23-24,33,37-38H,6-9,14,16,19H2,1H3,(H,34,36)/t23-,24-. The van der Waals surface area contributed by atoms with Crippen molar-refractivity contribution < 1.29 is 9.13 Å². The van der Waals surface area contributed by atoms with Crippen LogP contribution in [0.5, 0.6) is 0 Å². The highest BCUT2D eigenvalue weighted by Gasteiger charge is 2.22. The van der Waals surface area contributed by atoms with Gasteiger partial charge in [0.1, 0.15) is 18.4 Å². The van der Waals surface area contributed by atoms with Crippen LogP contribution in [0, 0.1) is 5.82 Å². The average Bonchev–Trinajstić information content (AvgIpc) is 3.60. The van der Waals surface area contributed by atoms with Gasteiger partial charge in [-0.3, -0.25) is 5.01 Å². The summed E-state index contributed by atoms with van der Waals surface area (Å²) in [4.78, 5) is 9.10. The lowest BCUT2D eigenvalue weighted by molar-refractivity contribution is 0.0646. The van der Waals surface area contributed by atoms with Gasteiger partial charge in [0.2, 0.25) is 0 Å². The summed E-state index contributed by atoms with van der Waals surface area (Å²) in [6.45, 7) is 1.80. The van der Waals surface area contributed by atoms with Crippen LogP contribution in [0.1, 0.15) is 31.2 Å². The smallest absolute Gasteiger partial charge is 0.134 e. The molecule has 0 spiro atoms. The number of rotatable bonds is 10. The summed E-state index contributed by atoms with van der Waals surface area (Å²) < 4.78 is 20.9. The maximum absolute atomic E-state index is 13.7. The third-order valence-corrected chi connectivity index (χ3v) is 7.93. The van der Waals surface area contributed by atoms with Crippen molar-refractivity contribution in [2.45, 2.75) is 44.3 Å². The third-order valence-electron chi connectivity index (χ3n) is 7.63. The van der Waals surface area contributed by atoms with Gasteiger partial charge < -0.3 is 25.4 Å². The van der Waals surface area contributed by atoms with Gasteiger partial charge in [-0.25, -0.2) is 14.4 Å². The number of pyridine rings is 1. The first-order valence-electron chi connectivity index (χ1n) is 13.9. The Morgan fingerprint density at radius 3 is 2.76 bits per heavy atom. The van der Waals surface area contributed by atoms with E-state index in [9.17, 15) is 4.39 Å². The van der Waals surface area contributed by atoms with Gasteiger partial charge in [-0.15, -0.1) is 5.53 Å². The van der Waals surface area contributed by atoms with E-state index in [4.69, 9.17) is 16.3 Å². The maximum Gasteiger partial charge on any atom is 0.134 e. The molecule has 4 N–H and O–H groups in total. The molecule has 41 heavy (non-hydrogen) atoms. The summed E-state index contributed by atoms with van der Waals surface area (Å²) >= 11 is 6.63. The van der Waals surface area contributed by atoms with Gasteiger partial charge in [-0.05, 0) is 67.1 Å². The lowest BCUT2D eigenvalue weighted by Gasteiger charge is -2.30. The fraction of sp³-hybridized carbons (Fsp3) is 0.333. The van der Waals surface area contributed by atoms with E-state index in [1.807, 2.05) is 40.0 Å². The van der Waals surface area contributed by atoms with E-state index in [1.165, 1.54) is 6.07 Å². The molecule has 11 heteroatoms. The zero-order valence-corrected chi connectivity index (χ0v) is 23.7. The van der Waals surface area contributed by atoms with Crippen LogP contribution >= 0.6 is 11.6 Å². The van der Waals surface area contributed by atoms with Crippen LogP contribution in [-0.4, -0.2) is 52.0 Å². The third kappa shape index (κ3) is 6.62. The number of nitrogens with one attached hydrogen (secondary N) is 4. The molecule has 0 bridgehead atoms. The number of halogens is 2. The van der Waals surface area contributed by atoms with E-state index in [0.717, 1.165) is 71.5 Å². The summed E-state index contributed by atoms with van der Waals surface area (Å²) in [5.74, 6) is 0.575. The van der Waals surface area contributed by atoms with E-state index < -0.39 is 0 Å². The number of ether oxygens (including phenoxy) is 1. The number of hydrazine groups is 2. The number of anilines is 1. The predicted octanol–water partition coefficient (Wildman–Crippen LogP) is 5.02. The lowest BCUT2D eigenvalue weighted by atomic mass is 9.91. The van der Waals surface area contributed by atoms with Gasteiger partial charge in [0, 0.05) is 50.2 Å². The van der Waals surface area contributed by atoms with Gasteiger partial charge >= 0.3 is 0 Å². The quantitative estimate of drug-likeness (QED) is 0.209. The average molecular weight is 577 g/mol. The minimum atomic E-state index is -0.243. The zero-order chi connectivity index (χ0) is 28.2. The van der Waals surface area contributed by atoms with Crippen molar-refractivity contribution in [1.29, 1.82) is 0 Å². The van der Waals surface area contributed by atoms with Crippen molar-refractivity contribution in [1.82, 2.24) is 35.8 Å². The highest BCUT2D eigenvalue weighted by molar-refractivity contribution is 6.33. The molecule has 2 aliphatic rings. The SMILES string of the molecule is COCN1C=C(CN[C@H]2CC[C@H](Nc3cc(-c4ccc5ncn(Cc6cccc(F)c6)c5c4)c(Cl)cn3)CC2)NN1. The summed E-state index contributed by atoms with van der Waals surface area (Å²) in [6, 6.07) is 15.6. The summed E-state index contributed by atoms with van der Waals surface area (Å²) in [6.07, 6.45) is 9.82. The lowest BCUT2D eigenvalue weighted by Crippen LogP contribution is -2.41. The Bertz CT molecular complexity index is 1530. The zero-order valence-electron chi connectivity index (χ0n) is 22.9. The molecular weight excluding hydrogens is 543 g/mol. The second-order valence-electron chi connectivity index (χ2n) is 10.6. The highest BCUT2D eigenvalue weighted by atomic mass is 35.5. The Kier molecular flexibility index (Phi) is 8.33. The Labute approximate surface area is 243 Å². The second-order valence-corrected chi connectivity index (χ2v) is 11.0. The van der Waals surface area contributed by atoms with E-state index in [2.05, 4.69) is 37.6 Å². The minimum absolute atomic E-state index is 0.243. The molecule has 1 fully saturated rings. The highest BCUT2D eigenvalue weighted by Crippen LogP contribution is 2.32. The largest absolute Gasteiger partial charge is 0.367 e. The number of fused-ring (bicyclic) bond motifs is 1. The summed E-state index contributed by atoms with van der Waals surface area (Å²) in [7, 11) is 1.67. The van der Waals surface area contributed by atoms with Crippen LogP contribution in [0.25, 0.3) is 22.2 Å². The molecule has 0 atom stereocenters. The molecule has 1 saturated carbocycles. The Morgan fingerprint density at radius 2 is 1.93 bits per heavy atom. The predicted molar refractivity (Wildman–Crippen MR) is 159 cm³/mol. The molecule has 0 saturated heterocycles. The molecule has 6 rings (SSSR count). The molecule has 214 valence electrons. The monoisotopic (exact) mass is 576 g/mol. The molecule has 0 unspecified atom stereocenters. The normalized spacial score (nSPS) is 18.9. The van der Waals surface area contributed by atoms with Crippen molar-refractivity contribution in [2.24, 2.45) is 0 Å². The van der Waals surface area contributed by atoms with E-state index in [-0.39, 0.29) is 5.82 Å². The van der Waals surface area contributed by atoms with Crippen LogP contribution in [0.3, 0.4) is 0 Å². The number of hydrogen-bond acceptors (Lipinski definition) is 8. The van der Waals surface area contributed by atoms with Gasteiger partial charge in [-0.1, -0.05) is 29.8 Å².